The van der Waals surface area contributed by atoms with Crippen LogP contribution in [-0.2, 0) is 17.9 Å². The van der Waals surface area contributed by atoms with Crippen LogP contribution in [0, 0.1) is 0 Å². The van der Waals surface area contributed by atoms with Crippen molar-refractivity contribution in [1.29, 1.82) is 0 Å². The van der Waals surface area contributed by atoms with Crippen LogP contribution in [0.4, 0.5) is 0 Å². The van der Waals surface area contributed by atoms with Gasteiger partial charge in [-0.3, -0.25) is 9.48 Å². The van der Waals surface area contributed by atoms with E-state index in [0.29, 0.717) is 18.8 Å². The van der Waals surface area contributed by atoms with Gasteiger partial charge in [0, 0.05) is 0 Å². The zero-order valence-corrected chi connectivity index (χ0v) is 16.0. The zero-order valence-electron chi connectivity index (χ0n) is 16.0. The number of rotatable bonds is 4. The fraction of sp³-hybridized carbons (Fsp3) is 0.273. The molecule has 0 saturated heterocycles. The second-order valence-corrected chi connectivity index (χ2v) is 7.22. The lowest BCUT2D eigenvalue weighted by Crippen LogP contribution is -2.27. The molecule has 29 heavy (non-hydrogen) atoms. The molecule has 2 aliphatic rings. The molecule has 2 aromatic carbocycles. The lowest BCUT2D eigenvalue weighted by Gasteiger charge is -2.24. The number of carbonyl (C=O) groups is 1. The van der Waals surface area contributed by atoms with Crippen LogP contribution in [0.15, 0.2) is 54.6 Å². The average Bonchev–Trinajstić information content (AvgIpc) is 3.40. The van der Waals surface area contributed by atoms with Crippen molar-refractivity contribution in [3.63, 3.8) is 0 Å². The molecular formula is C22H21N3O4. The minimum absolute atomic E-state index is 0.0972. The van der Waals surface area contributed by atoms with Gasteiger partial charge in [0.25, 0.3) is 5.91 Å². The molecule has 0 saturated carbocycles. The molecular weight excluding hydrogens is 370 g/mol. The van der Waals surface area contributed by atoms with Crippen LogP contribution >= 0.6 is 0 Å². The van der Waals surface area contributed by atoms with Gasteiger partial charge in [-0.1, -0.05) is 36.4 Å². The number of nitrogens with one attached hydrogen (secondary N) is 1. The summed E-state index contributed by atoms with van der Waals surface area (Å²) in [6.07, 6.45) is -0.156. The molecule has 0 bridgehead atoms. The minimum Gasteiger partial charge on any atom is -0.454 e. The number of carbonyl (C=O) groups excluding carboxylic acids is 1. The van der Waals surface area contributed by atoms with E-state index in [-0.39, 0.29) is 24.8 Å². The van der Waals surface area contributed by atoms with Crippen molar-refractivity contribution < 1.29 is 19.0 Å². The summed E-state index contributed by atoms with van der Waals surface area (Å²) in [5.41, 5.74) is 3.34. The molecule has 148 valence electrons. The van der Waals surface area contributed by atoms with E-state index in [1.54, 1.807) is 6.07 Å². The van der Waals surface area contributed by atoms with Crippen LogP contribution in [0.3, 0.4) is 0 Å². The molecule has 7 nitrogen and oxygen atoms in total. The number of fused-ring (bicyclic) bond motifs is 2. The Morgan fingerprint density at radius 1 is 1.14 bits per heavy atom. The highest BCUT2D eigenvalue weighted by Crippen LogP contribution is 2.36. The Hall–Kier alpha value is -3.32. The molecule has 1 aromatic heterocycles. The number of amides is 1. The van der Waals surface area contributed by atoms with Crippen molar-refractivity contribution in [2.24, 2.45) is 0 Å². The van der Waals surface area contributed by atoms with Crippen molar-refractivity contribution >= 4 is 5.91 Å². The van der Waals surface area contributed by atoms with Crippen molar-refractivity contribution in [1.82, 2.24) is 15.1 Å². The summed E-state index contributed by atoms with van der Waals surface area (Å²) in [6, 6.07) is 17.4. The van der Waals surface area contributed by atoms with E-state index >= 15 is 0 Å². The van der Waals surface area contributed by atoms with Gasteiger partial charge in [0.2, 0.25) is 6.79 Å². The number of nitrogens with zero attached hydrogens (tertiary/aromatic N) is 2. The Morgan fingerprint density at radius 3 is 2.83 bits per heavy atom. The quantitative estimate of drug-likeness (QED) is 0.738. The predicted octanol–water partition coefficient (Wildman–Crippen LogP) is 3.37. The standard InChI is InChI=1S/C22H21N3O4/c1-14(15-5-3-2-4-6-15)23-22(26)18-10-17-12-27-21(11-25(17)24-18)16-7-8-19-20(9-16)29-13-28-19/h2-10,14,21H,11-13H2,1H3,(H,23,26)/t14-,21+/m1/s1. The highest BCUT2D eigenvalue weighted by molar-refractivity contribution is 5.92. The van der Waals surface area contributed by atoms with Gasteiger partial charge >= 0.3 is 0 Å². The normalized spacial score (nSPS) is 18.2. The Balaban J connectivity index is 1.30. The fourth-order valence-electron chi connectivity index (χ4n) is 3.65. The average molecular weight is 391 g/mol. The third-order valence-electron chi connectivity index (χ3n) is 5.28. The summed E-state index contributed by atoms with van der Waals surface area (Å²) in [4.78, 5) is 12.7. The van der Waals surface area contributed by atoms with Crippen molar-refractivity contribution in [3.8, 4) is 11.5 Å². The summed E-state index contributed by atoms with van der Waals surface area (Å²) in [6.45, 7) is 3.14. The lowest BCUT2D eigenvalue weighted by molar-refractivity contribution is -0.00128. The van der Waals surface area contributed by atoms with E-state index in [1.165, 1.54) is 0 Å². The first-order valence-electron chi connectivity index (χ1n) is 9.61. The Labute approximate surface area is 168 Å². The summed E-state index contributed by atoms with van der Waals surface area (Å²) in [5, 5.41) is 7.52. The molecule has 0 unspecified atom stereocenters. The predicted molar refractivity (Wildman–Crippen MR) is 105 cm³/mol. The monoisotopic (exact) mass is 391 g/mol. The lowest BCUT2D eigenvalue weighted by atomic mass is 10.1. The zero-order chi connectivity index (χ0) is 19.8. The number of benzene rings is 2. The SMILES string of the molecule is C[C@@H](NC(=O)c1cc2n(n1)C[C@@H](c1ccc3c(c1)OCO3)OC2)c1ccccc1. The maximum Gasteiger partial charge on any atom is 0.272 e. The first-order valence-corrected chi connectivity index (χ1v) is 9.61. The molecule has 1 N–H and O–H groups in total. The van der Waals surface area contributed by atoms with Gasteiger partial charge in [-0.25, -0.2) is 0 Å². The van der Waals surface area contributed by atoms with Crippen molar-refractivity contribution in [2.45, 2.75) is 32.2 Å². The third kappa shape index (κ3) is 3.45. The second kappa shape index (κ2) is 7.25. The molecule has 0 spiro atoms. The maximum absolute atomic E-state index is 12.7. The van der Waals surface area contributed by atoms with Gasteiger partial charge < -0.3 is 19.5 Å². The summed E-state index contributed by atoms with van der Waals surface area (Å²) >= 11 is 0. The van der Waals surface area contributed by atoms with Crippen LogP contribution in [0.25, 0.3) is 0 Å². The molecule has 0 aliphatic carbocycles. The van der Waals surface area contributed by atoms with Crippen LogP contribution in [0.2, 0.25) is 0 Å². The van der Waals surface area contributed by atoms with Gasteiger partial charge in [0.05, 0.1) is 24.9 Å². The largest absolute Gasteiger partial charge is 0.454 e. The maximum atomic E-state index is 12.7. The van der Waals surface area contributed by atoms with Gasteiger partial charge in [0.15, 0.2) is 17.2 Å². The van der Waals surface area contributed by atoms with Crippen LogP contribution in [0.5, 0.6) is 11.5 Å². The van der Waals surface area contributed by atoms with Crippen molar-refractivity contribution in [3.05, 3.63) is 77.1 Å². The number of ether oxygens (including phenoxy) is 3. The molecule has 5 rings (SSSR count). The number of hydrogen-bond donors (Lipinski definition) is 1. The van der Waals surface area contributed by atoms with Crippen molar-refractivity contribution in [2.75, 3.05) is 6.79 Å². The van der Waals surface area contributed by atoms with Gasteiger partial charge in [0.1, 0.15) is 6.10 Å². The second-order valence-electron chi connectivity index (χ2n) is 7.22. The summed E-state index contributed by atoms with van der Waals surface area (Å²) in [5.74, 6) is 1.28. The van der Waals surface area contributed by atoms with Crippen LogP contribution in [0.1, 0.15) is 46.4 Å². The van der Waals surface area contributed by atoms with E-state index in [0.717, 1.165) is 28.3 Å². The van der Waals surface area contributed by atoms with E-state index in [4.69, 9.17) is 14.2 Å². The minimum atomic E-state index is -0.192. The Bertz CT molecular complexity index is 1050. The molecule has 7 heteroatoms. The summed E-state index contributed by atoms with van der Waals surface area (Å²) in [7, 11) is 0. The molecule has 2 aliphatic heterocycles. The van der Waals surface area contributed by atoms with Gasteiger partial charge in [-0.2, -0.15) is 5.10 Å². The topological polar surface area (TPSA) is 74.6 Å². The number of aromatic nitrogens is 2. The third-order valence-corrected chi connectivity index (χ3v) is 5.28. The van der Waals surface area contributed by atoms with Crippen LogP contribution in [-0.4, -0.2) is 22.5 Å². The molecule has 3 heterocycles. The van der Waals surface area contributed by atoms with E-state index in [1.807, 2.05) is 60.1 Å². The first kappa shape index (κ1) is 17.8. The van der Waals surface area contributed by atoms with Gasteiger partial charge in [-0.05, 0) is 36.2 Å². The first-order chi connectivity index (χ1) is 14.2. The van der Waals surface area contributed by atoms with Crippen LogP contribution < -0.4 is 14.8 Å². The van der Waals surface area contributed by atoms with E-state index in [9.17, 15) is 4.79 Å². The number of hydrogen-bond acceptors (Lipinski definition) is 5. The molecule has 0 fully saturated rings. The van der Waals surface area contributed by atoms with E-state index in [2.05, 4.69) is 10.4 Å². The highest BCUT2D eigenvalue weighted by Gasteiger charge is 2.26. The van der Waals surface area contributed by atoms with E-state index < -0.39 is 0 Å². The highest BCUT2D eigenvalue weighted by atomic mass is 16.7. The molecule has 2 atom stereocenters. The Morgan fingerprint density at radius 2 is 1.97 bits per heavy atom. The molecule has 3 aromatic rings. The fourth-order valence-corrected chi connectivity index (χ4v) is 3.65. The molecule has 0 radical (unpaired) electrons. The van der Waals surface area contributed by atoms with Gasteiger partial charge in [-0.15, -0.1) is 0 Å². The smallest absolute Gasteiger partial charge is 0.272 e. The Kier molecular flexibility index (Phi) is 4.44. The molecule has 1 amide bonds. The summed E-state index contributed by atoms with van der Waals surface area (Å²) < 4.78 is 18.7.